The van der Waals surface area contributed by atoms with Gasteiger partial charge in [-0.2, -0.15) is 0 Å². The van der Waals surface area contributed by atoms with E-state index >= 15 is 0 Å². The summed E-state index contributed by atoms with van der Waals surface area (Å²) in [5.74, 6) is -2.37. The van der Waals surface area contributed by atoms with Crippen LogP contribution in [0.5, 0.6) is 0 Å². The van der Waals surface area contributed by atoms with E-state index in [0.29, 0.717) is 25.9 Å². The van der Waals surface area contributed by atoms with Gasteiger partial charge in [-0.15, -0.1) is 0 Å². The average Bonchev–Trinajstić information content (AvgIpc) is 2.81. The van der Waals surface area contributed by atoms with Gasteiger partial charge in [0.25, 0.3) is 0 Å². The van der Waals surface area contributed by atoms with Gasteiger partial charge in [0.05, 0.1) is 11.8 Å². The molecular weight excluding hydrogens is 248 g/mol. The Bertz CT molecular complexity index is 419. The molecule has 0 spiro atoms. The Morgan fingerprint density at radius 1 is 1.32 bits per heavy atom. The Kier molecular flexibility index (Phi) is 3.52. The molecule has 19 heavy (non-hydrogen) atoms. The molecule has 2 amide bonds. The number of nitrogens with zero attached hydrogens (tertiary/aromatic N) is 1. The monoisotopic (exact) mass is 268 g/mol. The highest BCUT2D eigenvalue weighted by Gasteiger charge is 2.46. The standard InChI is InChI=1S/C13H20N2O4/c1-13(2)12(19)14-6-7-15(13)10(16)8-4-3-5-9(8)11(17)18/h8-9H,3-7H2,1-2H3,(H,14,19)(H,17,18)/t8-,9+/m1/s1. The number of carboxylic acid groups (broad SMARTS) is 1. The SMILES string of the molecule is CC1(C)C(=O)NCCN1C(=O)[C@@H]1CCC[C@@H]1C(=O)O. The molecule has 0 aromatic rings. The summed E-state index contributed by atoms with van der Waals surface area (Å²) in [5, 5.41) is 11.9. The molecule has 0 aromatic heterocycles. The van der Waals surface area contributed by atoms with Crippen molar-refractivity contribution in [1.82, 2.24) is 10.2 Å². The van der Waals surface area contributed by atoms with Crippen LogP contribution in [0.25, 0.3) is 0 Å². The van der Waals surface area contributed by atoms with Gasteiger partial charge in [0.15, 0.2) is 0 Å². The number of carboxylic acids is 1. The lowest BCUT2D eigenvalue weighted by Crippen LogP contribution is -2.64. The fraction of sp³-hybridized carbons (Fsp3) is 0.769. The van der Waals surface area contributed by atoms with Gasteiger partial charge < -0.3 is 15.3 Å². The molecule has 1 aliphatic carbocycles. The van der Waals surface area contributed by atoms with Crippen LogP contribution < -0.4 is 5.32 Å². The number of hydrogen-bond acceptors (Lipinski definition) is 3. The number of aliphatic carboxylic acids is 1. The number of rotatable bonds is 2. The normalized spacial score (nSPS) is 30.0. The lowest BCUT2D eigenvalue weighted by atomic mass is 9.90. The fourth-order valence-corrected chi connectivity index (χ4v) is 3.04. The Labute approximate surface area is 112 Å². The maximum absolute atomic E-state index is 12.6. The number of carbonyl (C=O) groups excluding carboxylic acids is 2. The highest BCUT2D eigenvalue weighted by Crippen LogP contribution is 2.35. The van der Waals surface area contributed by atoms with E-state index in [-0.39, 0.29) is 11.8 Å². The maximum atomic E-state index is 12.6. The van der Waals surface area contributed by atoms with Crippen molar-refractivity contribution in [3.63, 3.8) is 0 Å². The van der Waals surface area contributed by atoms with Crippen LogP contribution in [-0.2, 0) is 14.4 Å². The molecular formula is C13H20N2O4. The van der Waals surface area contributed by atoms with Crippen molar-refractivity contribution in [3.05, 3.63) is 0 Å². The van der Waals surface area contributed by atoms with Gasteiger partial charge in [0.2, 0.25) is 11.8 Å². The maximum Gasteiger partial charge on any atom is 0.307 e. The molecule has 1 saturated heterocycles. The van der Waals surface area contributed by atoms with Crippen LogP contribution in [0, 0.1) is 11.8 Å². The van der Waals surface area contributed by atoms with Crippen molar-refractivity contribution in [2.75, 3.05) is 13.1 Å². The number of carbonyl (C=O) groups is 3. The van der Waals surface area contributed by atoms with Gasteiger partial charge in [-0.25, -0.2) is 0 Å². The average molecular weight is 268 g/mol. The second-order valence-corrected chi connectivity index (χ2v) is 5.79. The topological polar surface area (TPSA) is 86.7 Å². The zero-order valence-electron chi connectivity index (χ0n) is 11.3. The highest BCUT2D eigenvalue weighted by molar-refractivity contribution is 5.94. The first-order valence-corrected chi connectivity index (χ1v) is 6.68. The Balaban J connectivity index is 2.19. The van der Waals surface area contributed by atoms with Crippen LogP contribution in [0.4, 0.5) is 0 Å². The van der Waals surface area contributed by atoms with Crippen LogP contribution >= 0.6 is 0 Å². The third-order valence-corrected chi connectivity index (χ3v) is 4.27. The predicted molar refractivity (Wildman–Crippen MR) is 67.3 cm³/mol. The Morgan fingerprint density at radius 2 is 1.95 bits per heavy atom. The van der Waals surface area contributed by atoms with E-state index in [1.165, 1.54) is 4.90 Å². The largest absolute Gasteiger partial charge is 0.481 e. The molecule has 2 aliphatic rings. The smallest absolute Gasteiger partial charge is 0.307 e. The molecule has 2 rings (SSSR count). The number of piperazine rings is 1. The van der Waals surface area contributed by atoms with E-state index in [1.54, 1.807) is 13.8 Å². The first-order chi connectivity index (χ1) is 8.85. The van der Waals surface area contributed by atoms with Crippen molar-refractivity contribution in [2.24, 2.45) is 11.8 Å². The molecule has 2 N–H and O–H groups in total. The van der Waals surface area contributed by atoms with Gasteiger partial charge >= 0.3 is 5.97 Å². The highest BCUT2D eigenvalue weighted by atomic mass is 16.4. The molecule has 1 heterocycles. The molecule has 0 bridgehead atoms. The number of hydrogen-bond donors (Lipinski definition) is 2. The molecule has 6 nitrogen and oxygen atoms in total. The van der Waals surface area contributed by atoms with Gasteiger partial charge in [-0.3, -0.25) is 14.4 Å². The molecule has 2 atom stereocenters. The Morgan fingerprint density at radius 3 is 2.58 bits per heavy atom. The minimum Gasteiger partial charge on any atom is -0.481 e. The third-order valence-electron chi connectivity index (χ3n) is 4.27. The van der Waals surface area contributed by atoms with Crippen molar-refractivity contribution in [2.45, 2.75) is 38.6 Å². The first kappa shape index (κ1) is 13.8. The van der Waals surface area contributed by atoms with E-state index in [4.69, 9.17) is 5.11 Å². The predicted octanol–water partition coefficient (Wildman–Crippen LogP) is 0.224. The summed E-state index contributed by atoms with van der Waals surface area (Å²) in [7, 11) is 0. The van der Waals surface area contributed by atoms with Crippen LogP contribution in [0.15, 0.2) is 0 Å². The summed E-state index contributed by atoms with van der Waals surface area (Å²) < 4.78 is 0. The van der Waals surface area contributed by atoms with E-state index in [1.807, 2.05) is 0 Å². The fourth-order valence-electron chi connectivity index (χ4n) is 3.04. The number of nitrogens with one attached hydrogen (secondary N) is 1. The molecule has 1 aliphatic heterocycles. The van der Waals surface area contributed by atoms with Gasteiger partial charge in [0.1, 0.15) is 5.54 Å². The Hall–Kier alpha value is -1.59. The molecule has 0 aromatic carbocycles. The lowest BCUT2D eigenvalue weighted by Gasteiger charge is -2.42. The van der Waals surface area contributed by atoms with E-state index in [9.17, 15) is 14.4 Å². The zero-order chi connectivity index (χ0) is 14.2. The lowest BCUT2D eigenvalue weighted by molar-refractivity contribution is -0.156. The summed E-state index contributed by atoms with van der Waals surface area (Å²) in [4.78, 5) is 37.1. The van der Waals surface area contributed by atoms with Gasteiger partial charge in [-0.1, -0.05) is 6.42 Å². The van der Waals surface area contributed by atoms with E-state index in [2.05, 4.69) is 5.32 Å². The van der Waals surface area contributed by atoms with E-state index in [0.717, 1.165) is 6.42 Å². The van der Waals surface area contributed by atoms with E-state index < -0.39 is 23.3 Å². The van der Waals surface area contributed by atoms with Crippen molar-refractivity contribution in [1.29, 1.82) is 0 Å². The summed E-state index contributed by atoms with van der Waals surface area (Å²) in [6.07, 6.45) is 1.91. The number of amides is 2. The first-order valence-electron chi connectivity index (χ1n) is 6.68. The zero-order valence-corrected chi connectivity index (χ0v) is 11.3. The summed E-state index contributed by atoms with van der Waals surface area (Å²) >= 11 is 0. The van der Waals surface area contributed by atoms with Crippen molar-refractivity contribution >= 4 is 17.8 Å². The summed E-state index contributed by atoms with van der Waals surface area (Å²) in [6.45, 7) is 4.27. The quantitative estimate of drug-likeness (QED) is 0.750. The minimum absolute atomic E-state index is 0.183. The molecule has 6 heteroatoms. The third kappa shape index (κ3) is 2.31. The molecule has 0 radical (unpaired) electrons. The molecule has 1 saturated carbocycles. The van der Waals surface area contributed by atoms with Crippen LogP contribution in [0.2, 0.25) is 0 Å². The van der Waals surface area contributed by atoms with Gasteiger partial charge in [0, 0.05) is 13.1 Å². The minimum atomic E-state index is -0.907. The molecule has 0 unspecified atom stereocenters. The van der Waals surface area contributed by atoms with Crippen molar-refractivity contribution < 1.29 is 19.5 Å². The van der Waals surface area contributed by atoms with Crippen molar-refractivity contribution in [3.8, 4) is 0 Å². The second kappa shape index (κ2) is 4.83. The van der Waals surface area contributed by atoms with Crippen LogP contribution in [0.3, 0.4) is 0 Å². The summed E-state index contributed by atoms with van der Waals surface area (Å²) in [5.41, 5.74) is -0.902. The van der Waals surface area contributed by atoms with Crippen LogP contribution in [-0.4, -0.2) is 46.4 Å². The van der Waals surface area contributed by atoms with Crippen LogP contribution in [0.1, 0.15) is 33.1 Å². The molecule has 106 valence electrons. The molecule has 2 fully saturated rings. The van der Waals surface area contributed by atoms with Gasteiger partial charge in [-0.05, 0) is 26.7 Å². The second-order valence-electron chi connectivity index (χ2n) is 5.79. The summed E-state index contributed by atoms with van der Waals surface area (Å²) in [6, 6.07) is 0.